The molecule has 1 heterocycles. The Hall–Kier alpha value is -1.57. The molecule has 0 aliphatic carbocycles. The van der Waals surface area contributed by atoms with E-state index in [1.54, 1.807) is 0 Å². The Morgan fingerprint density at radius 1 is 1.30 bits per heavy atom. The van der Waals surface area contributed by atoms with Crippen molar-refractivity contribution in [3.8, 4) is 11.5 Å². The highest BCUT2D eigenvalue weighted by molar-refractivity contribution is 5.44. The van der Waals surface area contributed by atoms with E-state index in [-0.39, 0.29) is 17.7 Å². The number of rotatable bonds is 3. The molecule has 2 rings (SSSR count). The smallest absolute Gasteiger partial charge is 0.481 e. The van der Waals surface area contributed by atoms with Gasteiger partial charge in [-0.1, -0.05) is 0 Å². The van der Waals surface area contributed by atoms with E-state index < -0.39 is 37.2 Å². The summed E-state index contributed by atoms with van der Waals surface area (Å²) in [6.07, 6.45) is -6.42. The predicted octanol–water partition coefficient (Wildman–Crippen LogP) is 3.08. The third kappa shape index (κ3) is 2.95. The summed E-state index contributed by atoms with van der Waals surface area (Å²) in [5.41, 5.74) is -1.71. The maximum Gasteiger partial charge on any atom is 0.573 e. The van der Waals surface area contributed by atoms with Crippen LogP contribution >= 0.6 is 0 Å². The maximum absolute atomic E-state index is 12.9. The van der Waals surface area contributed by atoms with E-state index in [2.05, 4.69) is 4.74 Å². The Labute approximate surface area is 110 Å². The van der Waals surface area contributed by atoms with Gasteiger partial charge in [0.2, 0.25) is 0 Å². The van der Waals surface area contributed by atoms with Crippen molar-refractivity contribution in [1.29, 1.82) is 0 Å². The molecule has 0 amide bonds. The van der Waals surface area contributed by atoms with Crippen LogP contribution in [-0.2, 0) is 0 Å². The number of fused-ring (bicyclic) bond motifs is 1. The second-order valence-corrected chi connectivity index (χ2v) is 4.52. The van der Waals surface area contributed by atoms with E-state index in [9.17, 15) is 27.1 Å². The fraction of sp³-hybridized carbons (Fsp3) is 0.500. The SMILES string of the molecule is O[C@H]1CC(CF)(CF)Oc2cc(OC(F)(F)F)ccc21. The number of halogens is 5. The molecule has 3 nitrogen and oxygen atoms in total. The number of aliphatic hydroxyl groups is 1. The molecule has 0 spiro atoms. The summed E-state index contributed by atoms with van der Waals surface area (Å²) in [5.74, 6) is -0.808. The van der Waals surface area contributed by atoms with Crippen LogP contribution in [0.5, 0.6) is 11.5 Å². The molecule has 112 valence electrons. The van der Waals surface area contributed by atoms with E-state index in [1.165, 1.54) is 6.07 Å². The third-order valence-electron chi connectivity index (χ3n) is 2.96. The molecule has 0 saturated carbocycles. The van der Waals surface area contributed by atoms with Gasteiger partial charge in [-0.15, -0.1) is 13.2 Å². The minimum atomic E-state index is -4.89. The fourth-order valence-corrected chi connectivity index (χ4v) is 2.01. The van der Waals surface area contributed by atoms with Gasteiger partial charge in [0.05, 0.1) is 6.10 Å². The topological polar surface area (TPSA) is 38.7 Å². The highest BCUT2D eigenvalue weighted by atomic mass is 19.4. The predicted molar refractivity (Wildman–Crippen MR) is 58.0 cm³/mol. The normalized spacial score (nSPS) is 21.0. The Kier molecular flexibility index (Phi) is 3.77. The molecule has 1 aliphatic heterocycles. The molecule has 0 saturated heterocycles. The molecule has 0 bridgehead atoms. The van der Waals surface area contributed by atoms with Crippen LogP contribution in [0.1, 0.15) is 18.1 Å². The second-order valence-electron chi connectivity index (χ2n) is 4.52. The van der Waals surface area contributed by atoms with Crippen LogP contribution in [0.15, 0.2) is 18.2 Å². The Morgan fingerprint density at radius 2 is 1.95 bits per heavy atom. The van der Waals surface area contributed by atoms with Gasteiger partial charge in [0, 0.05) is 18.1 Å². The van der Waals surface area contributed by atoms with Crippen LogP contribution in [0.25, 0.3) is 0 Å². The summed E-state index contributed by atoms with van der Waals surface area (Å²) in [6, 6.07) is 3.02. The highest BCUT2D eigenvalue weighted by Crippen LogP contribution is 2.42. The average molecular weight is 298 g/mol. The van der Waals surface area contributed by atoms with Crippen LogP contribution in [0.3, 0.4) is 0 Å². The number of benzene rings is 1. The van der Waals surface area contributed by atoms with Gasteiger partial charge in [-0.3, -0.25) is 0 Å². The lowest BCUT2D eigenvalue weighted by molar-refractivity contribution is -0.274. The summed E-state index contributed by atoms with van der Waals surface area (Å²) in [5, 5.41) is 9.81. The Bertz CT molecular complexity index is 484. The van der Waals surface area contributed by atoms with E-state index in [0.29, 0.717) is 0 Å². The van der Waals surface area contributed by atoms with Crippen LogP contribution < -0.4 is 9.47 Å². The zero-order valence-corrected chi connectivity index (χ0v) is 10.1. The molecule has 8 heteroatoms. The number of hydrogen-bond donors (Lipinski definition) is 1. The van der Waals surface area contributed by atoms with Gasteiger partial charge in [0.15, 0.2) is 5.60 Å². The third-order valence-corrected chi connectivity index (χ3v) is 2.96. The van der Waals surface area contributed by atoms with Gasteiger partial charge in [-0.25, -0.2) is 8.78 Å². The van der Waals surface area contributed by atoms with Crippen LogP contribution in [0.4, 0.5) is 22.0 Å². The summed E-state index contributed by atoms with van der Waals surface area (Å²) >= 11 is 0. The highest BCUT2D eigenvalue weighted by Gasteiger charge is 2.42. The maximum atomic E-state index is 12.9. The molecule has 0 radical (unpaired) electrons. The van der Waals surface area contributed by atoms with Crippen molar-refractivity contribution >= 4 is 0 Å². The summed E-state index contributed by atoms with van der Waals surface area (Å²) in [6.45, 7) is -2.41. The average Bonchev–Trinajstić information content (AvgIpc) is 2.36. The van der Waals surface area contributed by atoms with Crippen molar-refractivity contribution in [2.45, 2.75) is 24.5 Å². The summed E-state index contributed by atoms with van der Waals surface area (Å²) in [4.78, 5) is 0. The van der Waals surface area contributed by atoms with Crippen molar-refractivity contribution in [1.82, 2.24) is 0 Å². The second kappa shape index (κ2) is 5.08. The quantitative estimate of drug-likeness (QED) is 0.872. The van der Waals surface area contributed by atoms with Crippen LogP contribution in [-0.4, -0.2) is 30.4 Å². The Balaban J connectivity index is 2.33. The van der Waals surface area contributed by atoms with Gasteiger partial charge < -0.3 is 14.6 Å². The van der Waals surface area contributed by atoms with Gasteiger partial charge in [-0.2, -0.15) is 0 Å². The first-order valence-electron chi connectivity index (χ1n) is 5.67. The Morgan fingerprint density at radius 3 is 2.50 bits per heavy atom. The van der Waals surface area contributed by atoms with Crippen molar-refractivity contribution < 1.29 is 36.5 Å². The number of hydrogen-bond acceptors (Lipinski definition) is 3. The van der Waals surface area contributed by atoms with Crippen LogP contribution in [0, 0.1) is 0 Å². The number of alkyl halides is 5. The molecule has 1 atom stereocenters. The molecular formula is C12H11F5O3. The summed E-state index contributed by atoms with van der Waals surface area (Å²) < 4.78 is 70.9. The molecular weight excluding hydrogens is 287 g/mol. The fourth-order valence-electron chi connectivity index (χ4n) is 2.01. The zero-order valence-electron chi connectivity index (χ0n) is 10.1. The van der Waals surface area contributed by atoms with Gasteiger partial charge in [0.1, 0.15) is 24.8 Å². The van der Waals surface area contributed by atoms with Gasteiger partial charge in [-0.05, 0) is 12.1 Å². The van der Waals surface area contributed by atoms with Crippen molar-refractivity contribution in [3.63, 3.8) is 0 Å². The molecule has 0 unspecified atom stereocenters. The van der Waals surface area contributed by atoms with Crippen molar-refractivity contribution in [3.05, 3.63) is 23.8 Å². The lowest BCUT2D eigenvalue weighted by atomic mass is 9.90. The van der Waals surface area contributed by atoms with E-state index in [0.717, 1.165) is 12.1 Å². The van der Waals surface area contributed by atoms with Gasteiger partial charge >= 0.3 is 6.36 Å². The minimum absolute atomic E-state index is 0.164. The van der Waals surface area contributed by atoms with Crippen LogP contribution in [0.2, 0.25) is 0 Å². The molecule has 1 aromatic carbocycles. The summed E-state index contributed by atoms with van der Waals surface area (Å²) in [7, 11) is 0. The van der Waals surface area contributed by atoms with E-state index >= 15 is 0 Å². The van der Waals surface area contributed by atoms with E-state index in [1.807, 2.05) is 0 Å². The molecule has 1 N–H and O–H groups in total. The molecule has 1 aliphatic rings. The van der Waals surface area contributed by atoms with Crippen molar-refractivity contribution in [2.75, 3.05) is 13.3 Å². The lowest BCUT2D eigenvalue weighted by Gasteiger charge is -2.37. The first-order valence-corrected chi connectivity index (χ1v) is 5.67. The minimum Gasteiger partial charge on any atom is -0.481 e. The first kappa shape index (κ1) is 14.8. The zero-order chi connectivity index (χ0) is 15.0. The van der Waals surface area contributed by atoms with Gasteiger partial charge in [0.25, 0.3) is 0 Å². The molecule has 1 aromatic rings. The van der Waals surface area contributed by atoms with Crippen molar-refractivity contribution in [2.24, 2.45) is 0 Å². The lowest BCUT2D eigenvalue weighted by Crippen LogP contribution is -2.45. The number of ether oxygens (including phenoxy) is 2. The van der Waals surface area contributed by atoms with E-state index in [4.69, 9.17) is 4.74 Å². The largest absolute Gasteiger partial charge is 0.573 e. The molecule has 20 heavy (non-hydrogen) atoms. The monoisotopic (exact) mass is 298 g/mol. The first-order chi connectivity index (χ1) is 9.28. The number of aliphatic hydroxyl groups excluding tert-OH is 1. The molecule has 0 fully saturated rings. The molecule has 0 aromatic heterocycles. The standard InChI is InChI=1S/C12H11F5O3/c13-5-11(6-14)4-9(18)8-2-1-7(3-10(8)20-11)19-12(15,16)17/h1-3,9,18H,4-6H2/t9-/m0/s1.